The first kappa shape index (κ1) is 15.5. The number of rotatable bonds is 5. The van der Waals surface area contributed by atoms with Crippen molar-refractivity contribution < 1.29 is 14.3 Å². The number of hydrogen-bond acceptors (Lipinski definition) is 3. The van der Waals surface area contributed by atoms with E-state index < -0.39 is 6.10 Å². The third kappa shape index (κ3) is 3.69. The van der Waals surface area contributed by atoms with Crippen LogP contribution < -0.4 is 0 Å². The fourth-order valence-electron chi connectivity index (χ4n) is 2.68. The van der Waals surface area contributed by atoms with Gasteiger partial charge >= 0.3 is 5.97 Å². The van der Waals surface area contributed by atoms with Gasteiger partial charge in [0.15, 0.2) is 5.78 Å². The first-order valence-electron chi connectivity index (χ1n) is 7.36. The lowest BCUT2D eigenvalue weighted by molar-refractivity contribution is -0.139. The molecule has 0 unspecified atom stereocenters. The topological polar surface area (TPSA) is 43.4 Å². The van der Waals surface area contributed by atoms with Gasteiger partial charge < -0.3 is 4.74 Å². The number of ether oxygens (including phenoxy) is 1. The number of carbonyl (C=O) groups excluding carboxylic acids is 2. The van der Waals surface area contributed by atoms with E-state index in [4.69, 9.17) is 16.3 Å². The Labute approximate surface area is 139 Å². The smallest absolute Gasteiger partial charge is 0.331 e. The second kappa shape index (κ2) is 6.80. The molecule has 1 aliphatic heterocycles. The molecule has 1 aliphatic rings. The molecule has 1 heterocycles. The molecule has 0 bridgehead atoms. The van der Waals surface area contributed by atoms with Gasteiger partial charge in [0.05, 0.1) is 0 Å². The Morgan fingerprint density at radius 3 is 2.39 bits per heavy atom. The molecular formula is C19H15ClO3. The summed E-state index contributed by atoms with van der Waals surface area (Å²) in [6.07, 6.45) is 2.94. The highest BCUT2D eigenvalue weighted by molar-refractivity contribution is 6.30. The molecule has 23 heavy (non-hydrogen) atoms. The van der Waals surface area contributed by atoms with Gasteiger partial charge in [-0.1, -0.05) is 54.1 Å². The molecule has 0 N–H and O–H groups in total. The van der Waals surface area contributed by atoms with E-state index in [0.29, 0.717) is 10.6 Å². The van der Waals surface area contributed by atoms with Crippen LogP contribution in [0.3, 0.4) is 0 Å². The van der Waals surface area contributed by atoms with Crippen molar-refractivity contribution in [3.63, 3.8) is 0 Å². The molecule has 0 fully saturated rings. The van der Waals surface area contributed by atoms with E-state index in [2.05, 4.69) is 0 Å². The number of hydrogen-bond donors (Lipinski definition) is 0. The average molecular weight is 327 g/mol. The van der Waals surface area contributed by atoms with Gasteiger partial charge in [-0.2, -0.15) is 0 Å². The van der Waals surface area contributed by atoms with Crippen LogP contribution in [0.1, 0.15) is 28.3 Å². The number of benzene rings is 2. The Morgan fingerprint density at radius 1 is 1.09 bits per heavy atom. The molecule has 4 heteroatoms. The normalized spacial score (nSPS) is 17.8. The van der Waals surface area contributed by atoms with Crippen molar-refractivity contribution in [2.75, 3.05) is 0 Å². The number of ketones is 1. The molecule has 0 radical (unpaired) electrons. The second-order valence-electron chi connectivity index (χ2n) is 5.41. The van der Waals surface area contributed by atoms with Crippen LogP contribution in [0.4, 0.5) is 0 Å². The Morgan fingerprint density at radius 2 is 1.78 bits per heavy atom. The van der Waals surface area contributed by atoms with Crippen LogP contribution >= 0.6 is 11.6 Å². The molecule has 116 valence electrons. The highest BCUT2D eigenvalue weighted by Gasteiger charge is 2.30. The second-order valence-corrected chi connectivity index (χ2v) is 5.85. The predicted octanol–water partition coefficient (Wildman–Crippen LogP) is 4.18. The summed E-state index contributed by atoms with van der Waals surface area (Å²) in [5.74, 6) is -0.592. The van der Waals surface area contributed by atoms with Gasteiger partial charge in [0.1, 0.15) is 6.10 Å². The Balaban J connectivity index is 1.86. The maximum Gasteiger partial charge on any atom is 0.331 e. The fraction of sp³-hybridized carbons (Fsp3) is 0.158. The van der Waals surface area contributed by atoms with Crippen molar-refractivity contribution in [2.24, 2.45) is 0 Å². The van der Waals surface area contributed by atoms with Gasteiger partial charge in [-0.15, -0.1) is 0 Å². The third-order valence-corrected chi connectivity index (χ3v) is 4.12. The van der Waals surface area contributed by atoms with E-state index in [-0.39, 0.29) is 24.1 Å². The Bertz CT molecular complexity index is 735. The number of halogens is 1. The number of cyclic esters (lactones) is 1. The first-order valence-corrected chi connectivity index (χ1v) is 7.74. The lowest BCUT2D eigenvalue weighted by atomic mass is 9.87. The first-order chi connectivity index (χ1) is 11.1. The molecule has 0 amide bonds. The number of carbonyl (C=O) groups is 2. The predicted molar refractivity (Wildman–Crippen MR) is 88.6 cm³/mol. The highest BCUT2D eigenvalue weighted by Crippen LogP contribution is 2.31. The van der Waals surface area contributed by atoms with Crippen LogP contribution in [0.25, 0.3) is 0 Å². The molecular weight excluding hydrogens is 312 g/mol. The van der Waals surface area contributed by atoms with Gasteiger partial charge in [-0.3, -0.25) is 4.79 Å². The zero-order valence-electron chi connectivity index (χ0n) is 12.3. The fourth-order valence-corrected chi connectivity index (χ4v) is 2.80. The highest BCUT2D eigenvalue weighted by atomic mass is 35.5. The molecule has 2 aromatic rings. The Hall–Kier alpha value is -2.39. The van der Waals surface area contributed by atoms with E-state index >= 15 is 0 Å². The van der Waals surface area contributed by atoms with Crippen molar-refractivity contribution in [1.29, 1.82) is 0 Å². The molecule has 2 atom stereocenters. The molecule has 3 nitrogen and oxygen atoms in total. The maximum absolute atomic E-state index is 12.5. The minimum absolute atomic E-state index is 0.0156. The van der Waals surface area contributed by atoms with Crippen molar-refractivity contribution in [3.8, 4) is 0 Å². The van der Waals surface area contributed by atoms with Crippen LogP contribution in [0.5, 0.6) is 0 Å². The van der Waals surface area contributed by atoms with Crippen LogP contribution in [0.2, 0.25) is 5.02 Å². The van der Waals surface area contributed by atoms with E-state index in [1.807, 2.05) is 30.3 Å². The van der Waals surface area contributed by atoms with Gasteiger partial charge in [0.25, 0.3) is 0 Å². The summed E-state index contributed by atoms with van der Waals surface area (Å²) in [5.41, 5.74) is 1.57. The van der Waals surface area contributed by atoms with E-state index in [1.165, 1.54) is 6.08 Å². The van der Waals surface area contributed by atoms with E-state index in [9.17, 15) is 9.59 Å². The van der Waals surface area contributed by atoms with Crippen molar-refractivity contribution >= 4 is 23.4 Å². The van der Waals surface area contributed by atoms with Crippen molar-refractivity contribution in [1.82, 2.24) is 0 Å². The molecule has 0 aliphatic carbocycles. The summed E-state index contributed by atoms with van der Waals surface area (Å²) < 4.78 is 5.31. The molecule has 3 rings (SSSR count). The van der Waals surface area contributed by atoms with E-state index in [1.54, 1.807) is 30.3 Å². The van der Waals surface area contributed by atoms with Crippen LogP contribution in [-0.4, -0.2) is 17.9 Å². The molecule has 0 aromatic heterocycles. The minimum atomic E-state index is -0.434. The number of esters is 1. The molecule has 2 aromatic carbocycles. The summed E-state index contributed by atoms with van der Waals surface area (Å²) in [6.45, 7) is 0. The number of Topliss-reactive ketones (excluding diaryl/α,β-unsaturated/α-hetero) is 1. The summed E-state index contributed by atoms with van der Waals surface area (Å²) >= 11 is 5.93. The quantitative estimate of drug-likeness (QED) is 0.611. The summed E-state index contributed by atoms with van der Waals surface area (Å²) in [4.78, 5) is 23.9. The van der Waals surface area contributed by atoms with Crippen molar-refractivity contribution in [3.05, 3.63) is 82.9 Å². The van der Waals surface area contributed by atoms with Gasteiger partial charge in [-0.05, 0) is 23.8 Å². The van der Waals surface area contributed by atoms with Crippen LogP contribution in [0, 0.1) is 0 Å². The minimum Gasteiger partial charge on any atom is -0.454 e. The summed E-state index contributed by atoms with van der Waals surface area (Å²) in [5, 5.41) is 0.626. The molecule has 0 saturated heterocycles. The standard InChI is InChI=1S/C19H15ClO3/c20-15-8-6-13(7-9-15)16(18-10-11-19(22)23-18)12-17(21)14-4-2-1-3-5-14/h1-11,16,18H,12H2/t16-,18-/m0/s1. The van der Waals surface area contributed by atoms with Crippen LogP contribution in [-0.2, 0) is 9.53 Å². The van der Waals surface area contributed by atoms with Gasteiger partial charge in [0, 0.05) is 29.0 Å². The summed E-state index contributed by atoms with van der Waals surface area (Å²) in [6, 6.07) is 16.4. The van der Waals surface area contributed by atoms with Crippen molar-refractivity contribution in [2.45, 2.75) is 18.4 Å². The third-order valence-electron chi connectivity index (χ3n) is 3.87. The van der Waals surface area contributed by atoms with Gasteiger partial charge in [0.2, 0.25) is 0 Å². The lowest BCUT2D eigenvalue weighted by Crippen LogP contribution is -2.21. The maximum atomic E-state index is 12.5. The van der Waals surface area contributed by atoms with Gasteiger partial charge in [-0.25, -0.2) is 4.79 Å². The zero-order chi connectivity index (χ0) is 16.2. The largest absolute Gasteiger partial charge is 0.454 e. The average Bonchev–Trinajstić information content (AvgIpc) is 3.00. The molecule has 0 saturated carbocycles. The Kier molecular flexibility index (Phi) is 4.58. The van der Waals surface area contributed by atoms with Crippen LogP contribution in [0.15, 0.2) is 66.7 Å². The zero-order valence-corrected chi connectivity index (χ0v) is 13.1. The monoisotopic (exact) mass is 326 g/mol. The SMILES string of the molecule is O=C1C=C[C@@H]([C@@H](CC(=O)c2ccccc2)c2ccc(Cl)cc2)O1. The lowest BCUT2D eigenvalue weighted by Gasteiger charge is -2.22. The summed E-state index contributed by atoms with van der Waals surface area (Å²) in [7, 11) is 0. The van der Waals surface area contributed by atoms with E-state index in [0.717, 1.165) is 5.56 Å². The molecule has 0 spiro atoms.